The summed E-state index contributed by atoms with van der Waals surface area (Å²) in [7, 11) is 0. The molecule has 0 bridgehead atoms. The molecule has 0 aromatic heterocycles. The van der Waals surface area contributed by atoms with Gasteiger partial charge in [-0.3, -0.25) is 10.1 Å². The van der Waals surface area contributed by atoms with Crippen LogP contribution in [-0.2, 0) is 11.2 Å². The van der Waals surface area contributed by atoms with Gasteiger partial charge in [-0.2, -0.15) is 0 Å². The number of hydrogen-bond donors (Lipinski definition) is 2. The first-order valence-corrected chi connectivity index (χ1v) is 6.62. The maximum atomic E-state index is 13.2. The first-order valence-electron chi connectivity index (χ1n) is 6.62. The number of amides is 1. The number of aliphatic imine (C=N–C) groups is 1. The third-order valence-corrected chi connectivity index (χ3v) is 3.01. The second-order valence-corrected chi connectivity index (χ2v) is 6.37. The predicted octanol–water partition coefficient (Wildman–Crippen LogP) is 2.00. The first kappa shape index (κ1) is 14.5. The van der Waals surface area contributed by atoms with E-state index >= 15 is 0 Å². The van der Waals surface area contributed by atoms with E-state index in [9.17, 15) is 9.18 Å². The predicted molar refractivity (Wildman–Crippen MR) is 77.0 cm³/mol. The largest absolute Gasteiger partial charge is 0.351 e. The molecule has 1 unspecified atom stereocenters. The van der Waals surface area contributed by atoms with Crippen molar-refractivity contribution in [3.63, 3.8) is 0 Å². The van der Waals surface area contributed by atoms with Crippen LogP contribution in [0, 0.1) is 5.82 Å². The van der Waals surface area contributed by atoms with E-state index < -0.39 is 5.54 Å². The second kappa shape index (κ2) is 4.89. The highest BCUT2D eigenvalue weighted by Crippen LogP contribution is 2.22. The summed E-state index contributed by atoms with van der Waals surface area (Å²) >= 11 is 0. The molecule has 0 saturated carbocycles. The molecular weight excluding hydrogens is 257 g/mol. The van der Waals surface area contributed by atoms with Gasteiger partial charge in [0.05, 0.1) is 0 Å². The quantitative estimate of drug-likeness (QED) is 0.868. The molecule has 20 heavy (non-hydrogen) atoms. The van der Waals surface area contributed by atoms with Crippen molar-refractivity contribution in [3.05, 3.63) is 35.6 Å². The zero-order valence-corrected chi connectivity index (χ0v) is 12.2. The van der Waals surface area contributed by atoms with Crippen molar-refractivity contribution >= 4 is 11.9 Å². The van der Waals surface area contributed by atoms with Crippen LogP contribution in [0.25, 0.3) is 0 Å². The number of guanidine groups is 1. The van der Waals surface area contributed by atoms with Gasteiger partial charge in [-0.25, -0.2) is 9.38 Å². The summed E-state index contributed by atoms with van der Waals surface area (Å²) in [5.74, 6) is -0.00330. The van der Waals surface area contributed by atoms with Crippen molar-refractivity contribution in [1.82, 2.24) is 10.6 Å². The molecule has 1 atom stereocenters. The molecule has 4 nitrogen and oxygen atoms in total. The Labute approximate surface area is 118 Å². The molecule has 1 aromatic rings. The van der Waals surface area contributed by atoms with Crippen molar-refractivity contribution in [2.45, 2.75) is 45.2 Å². The van der Waals surface area contributed by atoms with E-state index in [1.165, 1.54) is 12.1 Å². The van der Waals surface area contributed by atoms with Gasteiger partial charge in [0.15, 0.2) is 5.96 Å². The monoisotopic (exact) mass is 277 g/mol. The molecule has 1 aliphatic heterocycles. The highest BCUT2D eigenvalue weighted by molar-refractivity contribution is 6.07. The molecule has 108 valence electrons. The minimum atomic E-state index is -0.901. The Kier molecular flexibility index (Phi) is 3.54. The fourth-order valence-corrected chi connectivity index (χ4v) is 2.15. The Morgan fingerprint density at radius 3 is 2.70 bits per heavy atom. The number of carbonyl (C=O) groups excluding carboxylic acids is 1. The van der Waals surface area contributed by atoms with Crippen LogP contribution in [0.4, 0.5) is 4.39 Å². The minimum absolute atomic E-state index is 0.173. The van der Waals surface area contributed by atoms with Crippen LogP contribution in [0.5, 0.6) is 0 Å². The third-order valence-electron chi connectivity index (χ3n) is 3.01. The lowest BCUT2D eigenvalue weighted by atomic mass is 9.93. The van der Waals surface area contributed by atoms with E-state index in [-0.39, 0.29) is 17.3 Å². The Morgan fingerprint density at radius 2 is 2.10 bits per heavy atom. The van der Waals surface area contributed by atoms with Gasteiger partial charge < -0.3 is 5.32 Å². The Balaban J connectivity index is 2.19. The lowest BCUT2D eigenvalue weighted by Gasteiger charge is -2.21. The number of rotatable bonds is 2. The van der Waals surface area contributed by atoms with Gasteiger partial charge in [-0.1, -0.05) is 12.1 Å². The molecule has 0 spiro atoms. The summed E-state index contributed by atoms with van der Waals surface area (Å²) in [5.41, 5.74) is -0.333. The van der Waals surface area contributed by atoms with E-state index in [1.54, 1.807) is 19.1 Å². The SMILES string of the molecule is CC(C)(C)NC1=NC(C)(Cc2cccc(F)c2)C(=O)N1. The molecule has 5 heteroatoms. The lowest BCUT2D eigenvalue weighted by Crippen LogP contribution is -2.47. The van der Waals surface area contributed by atoms with E-state index in [2.05, 4.69) is 15.6 Å². The van der Waals surface area contributed by atoms with Crippen LogP contribution in [0.3, 0.4) is 0 Å². The van der Waals surface area contributed by atoms with Crippen LogP contribution in [0.2, 0.25) is 0 Å². The van der Waals surface area contributed by atoms with E-state index in [1.807, 2.05) is 20.8 Å². The van der Waals surface area contributed by atoms with Gasteiger partial charge in [0.1, 0.15) is 11.4 Å². The van der Waals surface area contributed by atoms with Crippen LogP contribution < -0.4 is 10.6 Å². The van der Waals surface area contributed by atoms with E-state index in [0.29, 0.717) is 12.4 Å². The number of benzene rings is 1. The number of carbonyl (C=O) groups is 1. The smallest absolute Gasteiger partial charge is 0.254 e. The van der Waals surface area contributed by atoms with Gasteiger partial charge >= 0.3 is 0 Å². The summed E-state index contributed by atoms with van der Waals surface area (Å²) < 4.78 is 13.2. The van der Waals surface area contributed by atoms with Crippen LogP contribution >= 0.6 is 0 Å². The van der Waals surface area contributed by atoms with Gasteiger partial charge in [-0.15, -0.1) is 0 Å². The number of nitrogens with zero attached hydrogens (tertiary/aromatic N) is 1. The average molecular weight is 277 g/mol. The summed E-state index contributed by atoms with van der Waals surface area (Å²) in [6, 6.07) is 6.25. The summed E-state index contributed by atoms with van der Waals surface area (Å²) in [4.78, 5) is 16.6. The fraction of sp³-hybridized carbons (Fsp3) is 0.467. The molecule has 2 rings (SSSR count). The third kappa shape index (κ3) is 3.35. The van der Waals surface area contributed by atoms with Crippen molar-refractivity contribution in [3.8, 4) is 0 Å². The Morgan fingerprint density at radius 1 is 1.40 bits per heavy atom. The molecule has 1 aliphatic rings. The van der Waals surface area contributed by atoms with Gasteiger partial charge in [0, 0.05) is 12.0 Å². The number of hydrogen-bond acceptors (Lipinski definition) is 3. The van der Waals surface area contributed by atoms with E-state index in [4.69, 9.17) is 0 Å². The van der Waals surface area contributed by atoms with Crippen LogP contribution in [-0.4, -0.2) is 22.9 Å². The minimum Gasteiger partial charge on any atom is -0.351 e. The zero-order chi connectivity index (χ0) is 15.0. The Hall–Kier alpha value is -1.91. The summed E-state index contributed by atoms with van der Waals surface area (Å²) in [6.07, 6.45) is 0.367. The average Bonchev–Trinajstić information content (AvgIpc) is 2.50. The molecule has 0 saturated heterocycles. The van der Waals surface area contributed by atoms with Gasteiger partial charge in [0.2, 0.25) is 0 Å². The van der Waals surface area contributed by atoms with Crippen LogP contribution in [0.15, 0.2) is 29.3 Å². The number of halogens is 1. The normalized spacial score (nSPS) is 22.4. The van der Waals surface area contributed by atoms with Crippen molar-refractivity contribution in [2.75, 3.05) is 0 Å². The molecular formula is C15H20FN3O. The summed E-state index contributed by atoms with van der Waals surface area (Å²) in [6.45, 7) is 7.72. The fourth-order valence-electron chi connectivity index (χ4n) is 2.15. The topological polar surface area (TPSA) is 53.5 Å². The number of nitrogens with one attached hydrogen (secondary N) is 2. The maximum absolute atomic E-state index is 13.2. The highest BCUT2D eigenvalue weighted by Gasteiger charge is 2.39. The molecule has 1 aromatic carbocycles. The van der Waals surface area contributed by atoms with Crippen LogP contribution in [0.1, 0.15) is 33.3 Å². The van der Waals surface area contributed by atoms with Crippen molar-refractivity contribution in [1.29, 1.82) is 0 Å². The molecule has 0 radical (unpaired) electrons. The van der Waals surface area contributed by atoms with Crippen molar-refractivity contribution in [2.24, 2.45) is 4.99 Å². The standard InChI is InChI=1S/C15H20FN3O/c1-14(2,3)18-13-17-12(20)15(4,19-13)9-10-6-5-7-11(16)8-10/h5-8H,9H2,1-4H3,(H2,17,18,19,20). The van der Waals surface area contributed by atoms with Gasteiger partial charge in [0.25, 0.3) is 5.91 Å². The van der Waals surface area contributed by atoms with Crippen molar-refractivity contribution < 1.29 is 9.18 Å². The Bertz CT molecular complexity index is 562. The highest BCUT2D eigenvalue weighted by atomic mass is 19.1. The molecule has 1 amide bonds. The molecule has 0 aliphatic carbocycles. The molecule has 1 heterocycles. The maximum Gasteiger partial charge on any atom is 0.254 e. The van der Waals surface area contributed by atoms with Gasteiger partial charge in [-0.05, 0) is 45.4 Å². The van der Waals surface area contributed by atoms with E-state index in [0.717, 1.165) is 5.56 Å². The second-order valence-electron chi connectivity index (χ2n) is 6.37. The first-order chi connectivity index (χ1) is 9.18. The zero-order valence-electron chi connectivity index (χ0n) is 12.2. The summed E-state index contributed by atoms with van der Waals surface area (Å²) in [5, 5.41) is 5.89. The lowest BCUT2D eigenvalue weighted by molar-refractivity contribution is -0.123. The molecule has 0 fully saturated rings. The molecule has 2 N–H and O–H groups in total.